The van der Waals surface area contributed by atoms with Gasteiger partial charge in [-0.1, -0.05) is 0 Å². The Labute approximate surface area is 70.0 Å². The predicted molar refractivity (Wildman–Crippen MR) is 48.1 cm³/mol. The molecule has 0 bridgehead atoms. The van der Waals surface area contributed by atoms with Crippen molar-refractivity contribution in [3.63, 3.8) is 0 Å². The molecule has 0 aromatic carbocycles. The summed E-state index contributed by atoms with van der Waals surface area (Å²) in [6.07, 6.45) is 3.74. The van der Waals surface area contributed by atoms with Gasteiger partial charge in [0.05, 0.1) is 5.73 Å². The van der Waals surface area contributed by atoms with Crippen molar-refractivity contribution in [2.24, 2.45) is 0 Å². The molecule has 1 saturated heterocycles. The molecule has 0 aromatic rings. The molecular formula is C8H18O2Si. The summed E-state index contributed by atoms with van der Waals surface area (Å²) in [5, 5.41) is 0. The summed E-state index contributed by atoms with van der Waals surface area (Å²) in [5.41, 5.74) is 0.432. The fourth-order valence-corrected chi connectivity index (χ4v) is 3.10. The van der Waals surface area contributed by atoms with Crippen LogP contribution in [0.15, 0.2) is 0 Å². The van der Waals surface area contributed by atoms with E-state index in [4.69, 9.17) is 9.16 Å². The monoisotopic (exact) mass is 174 g/mol. The average molecular weight is 174 g/mol. The Balaban J connectivity index is 2.43. The highest BCUT2D eigenvalue weighted by atomic mass is 28.4. The molecule has 1 atom stereocenters. The maximum atomic E-state index is 5.67. The lowest BCUT2D eigenvalue weighted by atomic mass is 10.2. The van der Waals surface area contributed by atoms with E-state index in [1.165, 1.54) is 19.3 Å². The van der Waals surface area contributed by atoms with Crippen molar-refractivity contribution in [2.45, 2.75) is 38.1 Å². The molecule has 0 aromatic heterocycles. The first-order valence-electron chi connectivity index (χ1n) is 4.33. The molecule has 66 valence electrons. The summed E-state index contributed by atoms with van der Waals surface area (Å²) < 4.78 is 11.2. The van der Waals surface area contributed by atoms with Crippen LogP contribution >= 0.6 is 0 Å². The van der Waals surface area contributed by atoms with Crippen LogP contribution in [-0.2, 0) is 9.16 Å². The summed E-state index contributed by atoms with van der Waals surface area (Å²) in [6, 6.07) is 0. The Morgan fingerprint density at radius 1 is 1.36 bits per heavy atom. The van der Waals surface area contributed by atoms with Crippen molar-refractivity contribution in [3.8, 4) is 0 Å². The second-order valence-electron chi connectivity index (χ2n) is 3.66. The minimum atomic E-state index is -1.50. The Bertz CT molecular complexity index is 119. The molecule has 0 saturated carbocycles. The van der Waals surface area contributed by atoms with Crippen LogP contribution in [0, 0.1) is 0 Å². The van der Waals surface area contributed by atoms with Crippen LogP contribution in [0.1, 0.15) is 19.3 Å². The summed E-state index contributed by atoms with van der Waals surface area (Å²) in [4.78, 5) is 0. The van der Waals surface area contributed by atoms with Gasteiger partial charge in [0.1, 0.15) is 0 Å². The van der Waals surface area contributed by atoms with Crippen molar-refractivity contribution in [1.29, 1.82) is 0 Å². The molecule has 1 unspecified atom stereocenters. The predicted octanol–water partition coefficient (Wildman–Crippen LogP) is 1.95. The van der Waals surface area contributed by atoms with Crippen molar-refractivity contribution < 1.29 is 9.16 Å². The van der Waals surface area contributed by atoms with Crippen LogP contribution in [0.25, 0.3) is 0 Å². The fraction of sp³-hybridized carbons (Fsp3) is 1.00. The van der Waals surface area contributed by atoms with Crippen LogP contribution in [0.4, 0.5) is 0 Å². The minimum absolute atomic E-state index is 0.432. The molecule has 1 heterocycles. The van der Waals surface area contributed by atoms with E-state index in [2.05, 4.69) is 13.1 Å². The van der Waals surface area contributed by atoms with Crippen molar-refractivity contribution in [2.75, 3.05) is 13.7 Å². The van der Waals surface area contributed by atoms with Crippen molar-refractivity contribution >= 4 is 8.32 Å². The standard InChI is InChI=1S/C8H18O2Si/c1-9-11(2,3)8-6-4-5-7-10-8/h8H,4-7H2,1-3H3. The van der Waals surface area contributed by atoms with E-state index in [1.807, 2.05) is 7.11 Å². The van der Waals surface area contributed by atoms with E-state index < -0.39 is 8.32 Å². The molecular weight excluding hydrogens is 156 g/mol. The second kappa shape index (κ2) is 3.69. The van der Waals surface area contributed by atoms with E-state index >= 15 is 0 Å². The second-order valence-corrected chi connectivity index (χ2v) is 7.92. The number of hydrogen-bond acceptors (Lipinski definition) is 2. The van der Waals surface area contributed by atoms with Gasteiger partial charge in [-0.05, 0) is 32.4 Å². The van der Waals surface area contributed by atoms with Gasteiger partial charge in [0.15, 0.2) is 0 Å². The Kier molecular flexibility index (Phi) is 3.10. The van der Waals surface area contributed by atoms with Gasteiger partial charge in [-0.25, -0.2) is 0 Å². The number of rotatable bonds is 2. The zero-order valence-corrected chi connectivity index (χ0v) is 8.72. The van der Waals surface area contributed by atoms with Gasteiger partial charge in [-0.3, -0.25) is 0 Å². The third-order valence-corrected chi connectivity index (χ3v) is 5.54. The van der Waals surface area contributed by atoms with Gasteiger partial charge in [-0.2, -0.15) is 0 Å². The van der Waals surface area contributed by atoms with Gasteiger partial charge in [0, 0.05) is 13.7 Å². The van der Waals surface area contributed by atoms with Crippen molar-refractivity contribution in [1.82, 2.24) is 0 Å². The lowest BCUT2D eigenvalue weighted by molar-refractivity contribution is 0.0487. The molecule has 1 fully saturated rings. The van der Waals surface area contributed by atoms with Crippen LogP contribution in [0.5, 0.6) is 0 Å². The molecule has 0 aliphatic carbocycles. The first kappa shape index (κ1) is 9.23. The maximum absolute atomic E-state index is 5.67. The lowest BCUT2D eigenvalue weighted by Gasteiger charge is -2.33. The number of hydrogen-bond donors (Lipinski definition) is 0. The van der Waals surface area contributed by atoms with Gasteiger partial charge in [0.2, 0.25) is 8.32 Å². The highest BCUT2D eigenvalue weighted by Crippen LogP contribution is 2.22. The number of ether oxygens (including phenoxy) is 1. The summed E-state index contributed by atoms with van der Waals surface area (Å²) in [6.45, 7) is 5.39. The Hall–Kier alpha value is 0.137. The van der Waals surface area contributed by atoms with Crippen molar-refractivity contribution in [3.05, 3.63) is 0 Å². The fourth-order valence-electron chi connectivity index (χ4n) is 1.42. The van der Waals surface area contributed by atoms with Gasteiger partial charge in [0.25, 0.3) is 0 Å². The first-order chi connectivity index (χ1) is 5.17. The molecule has 1 aliphatic rings. The molecule has 3 heteroatoms. The minimum Gasteiger partial charge on any atom is -0.418 e. The molecule has 0 radical (unpaired) electrons. The Morgan fingerprint density at radius 2 is 2.09 bits per heavy atom. The van der Waals surface area contributed by atoms with Gasteiger partial charge >= 0.3 is 0 Å². The zero-order valence-electron chi connectivity index (χ0n) is 7.72. The summed E-state index contributed by atoms with van der Waals surface area (Å²) >= 11 is 0. The molecule has 0 amide bonds. The molecule has 0 spiro atoms. The Morgan fingerprint density at radius 3 is 2.55 bits per heavy atom. The van der Waals surface area contributed by atoms with Crippen LogP contribution in [0.2, 0.25) is 13.1 Å². The molecule has 11 heavy (non-hydrogen) atoms. The SMILES string of the molecule is CO[Si](C)(C)C1CCCCO1. The molecule has 1 rings (SSSR count). The smallest absolute Gasteiger partial charge is 0.214 e. The van der Waals surface area contributed by atoms with Gasteiger partial charge in [-0.15, -0.1) is 0 Å². The van der Waals surface area contributed by atoms with E-state index in [-0.39, 0.29) is 0 Å². The summed E-state index contributed by atoms with van der Waals surface area (Å²) in [7, 11) is 0.311. The van der Waals surface area contributed by atoms with E-state index in [9.17, 15) is 0 Å². The maximum Gasteiger partial charge on any atom is 0.214 e. The van der Waals surface area contributed by atoms with Crippen LogP contribution in [0.3, 0.4) is 0 Å². The highest BCUT2D eigenvalue weighted by Gasteiger charge is 2.34. The largest absolute Gasteiger partial charge is 0.418 e. The quantitative estimate of drug-likeness (QED) is 0.596. The van der Waals surface area contributed by atoms with Crippen LogP contribution in [-0.4, -0.2) is 27.8 Å². The topological polar surface area (TPSA) is 18.5 Å². The van der Waals surface area contributed by atoms with E-state index in [1.54, 1.807) is 0 Å². The molecule has 0 N–H and O–H groups in total. The normalized spacial score (nSPS) is 27.0. The molecule has 2 nitrogen and oxygen atoms in total. The lowest BCUT2D eigenvalue weighted by Crippen LogP contribution is -2.47. The first-order valence-corrected chi connectivity index (χ1v) is 7.32. The average Bonchev–Trinajstić information content (AvgIpc) is 2.06. The third kappa shape index (κ3) is 2.29. The van der Waals surface area contributed by atoms with E-state index in [0.717, 1.165) is 6.61 Å². The third-order valence-electron chi connectivity index (χ3n) is 2.48. The molecule has 1 aliphatic heterocycles. The summed E-state index contributed by atoms with van der Waals surface area (Å²) in [5.74, 6) is 0. The van der Waals surface area contributed by atoms with Crippen LogP contribution < -0.4 is 0 Å². The van der Waals surface area contributed by atoms with E-state index in [0.29, 0.717) is 5.73 Å². The highest BCUT2D eigenvalue weighted by molar-refractivity contribution is 6.72. The van der Waals surface area contributed by atoms with Gasteiger partial charge < -0.3 is 9.16 Å². The zero-order chi connectivity index (χ0) is 8.32.